The molecule has 1 fully saturated rings. The van der Waals surface area contributed by atoms with Crippen LogP contribution in [0.1, 0.15) is 26.7 Å². The van der Waals surface area contributed by atoms with E-state index in [-0.39, 0.29) is 10.6 Å². The highest BCUT2D eigenvalue weighted by Crippen LogP contribution is 2.34. The van der Waals surface area contributed by atoms with E-state index in [2.05, 4.69) is 9.88 Å². The molecule has 1 saturated heterocycles. The van der Waals surface area contributed by atoms with Crippen LogP contribution in [0, 0.1) is 0 Å². The Kier molecular flexibility index (Phi) is 7.20. The number of aromatic nitrogens is 3. The van der Waals surface area contributed by atoms with Crippen LogP contribution >= 0.6 is 0 Å². The quantitative estimate of drug-likeness (QED) is 0.502. The Morgan fingerprint density at radius 3 is 2.37 bits per heavy atom. The lowest BCUT2D eigenvalue weighted by atomic mass is 10.1. The second-order valence-corrected chi connectivity index (χ2v) is 10.9. The van der Waals surface area contributed by atoms with Gasteiger partial charge < -0.3 is 14.6 Å². The number of ether oxygens (including phenoxy) is 1. The number of likely N-dealkylation sites (N-methyl/N-ethyl adjacent to an activating group) is 1. The van der Waals surface area contributed by atoms with Crippen LogP contribution in [-0.2, 0) is 23.6 Å². The molecule has 0 unspecified atom stereocenters. The zero-order valence-electron chi connectivity index (χ0n) is 20.7. The number of hydrogen-bond acceptors (Lipinski definition) is 6. The van der Waals surface area contributed by atoms with Crippen LogP contribution in [0.15, 0.2) is 38.8 Å². The molecule has 0 amide bonds. The van der Waals surface area contributed by atoms with E-state index >= 15 is 0 Å². The van der Waals surface area contributed by atoms with Gasteiger partial charge in [-0.3, -0.25) is 13.9 Å². The summed E-state index contributed by atoms with van der Waals surface area (Å²) in [6.07, 6.45) is 1.50. The van der Waals surface area contributed by atoms with Crippen molar-refractivity contribution in [2.24, 2.45) is 7.05 Å². The van der Waals surface area contributed by atoms with Gasteiger partial charge >= 0.3 is 5.69 Å². The first-order valence-corrected chi connectivity index (χ1v) is 13.4. The van der Waals surface area contributed by atoms with Gasteiger partial charge in [0.1, 0.15) is 11.3 Å². The molecule has 0 aliphatic carbocycles. The van der Waals surface area contributed by atoms with E-state index < -0.39 is 15.6 Å². The van der Waals surface area contributed by atoms with Crippen molar-refractivity contribution in [3.63, 3.8) is 0 Å². The summed E-state index contributed by atoms with van der Waals surface area (Å²) in [5.41, 5.74) is 1.02. The summed E-state index contributed by atoms with van der Waals surface area (Å²) in [5.74, 6) is 0.511. The standard InChI is InChI=1S/C24H33N5O5S/c1-5-9-29-20-16-19(25-22(20)23(30)27(4)24(29)31)18-15-17(7-8-21(18)34-14-6-2)35(32,33)28-12-10-26(3)11-13-28/h7-8,15-16,25H,5-6,9-14H2,1-4H3. The fraction of sp³-hybridized carbons (Fsp3) is 0.500. The van der Waals surface area contributed by atoms with Gasteiger partial charge in [0.25, 0.3) is 5.56 Å². The molecule has 0 atom stereocenters. The molecule has 1 aromatic carbocycles. The van der Waals surface area contributed by atoms with Gasteiger partial charge in [0, 0.05) is 45.3 Å². The molecule has 190 valence electrons. The van der Waals surface area contributed by atoms with Gasteiger partial charge in [-0.05, 0) is 44.2 Å². The normalized spacial score (nSPS) is 15.7. The predicted molar refractivity (Wildman–Crippen MR) is 136 cm³/mol. The smallest absolute Gasteiger partial charge is 0.331 e. The first-order valence-electron chi connectivity index (χ1n) is 12.0. The summed E-state index contributed by atoms with van der Waals surface area (Å²) in [5, 5.41) is 0. The number of fused-ring (bicyclic) bond motifs is 1. The molecular formula is C24H33N5O5S. The third-order valence-corrected chi connectivity index (χ3v) is 8.27. The summed E-state index contributed by atoms with van der Waals surface area (Å²) in [6, 6.07) is 6.55. The highest BCUT2D eigenvalue weighted by molar-refractivity contribution is 7.89. The topological polar surface area (TPSA) is 110 Å². The minimum atomic E-state index is -3.71. The Hall–Kier alpha value is -2.89. The number of aryl methyl sites for hydroxylation is 1. The third kappa shape index (κ3) is 4.67. The average molecular weight is 504 g/mol. The maximum absolute atomic E-state index is 13.4. The summed E-state index contributed by atoms with van der Waals surface area (Å²) in [4.78, 5) is 31.0. The molecule has 0 spiro atoms. The minimum absolute atomic E-state index is 0.165. The minimum Gasteiger partial charge on any atom is -0.493 e. The molecule has 4 rings (SSSR count). The predicted octanol–water partition coefficient (Wildman–Crippen LogP) is 1.83. The van der Waals surface area contributed by atoms with Crippen LogP contribution < -0.4 is 16.0 Å². The Bertz CT molecular complexity index is 1450. The monoisotopic (exact) mass is 503 g/mol. The lowest BCUT2D eigenvalue weighted by molar-refractivity contribution is 0.222. The van der Waals surface area contributed by atoms with Gasteiger partial charge in [0.2, 0.25) is 10.0 Å². The summed E-state index contributed by atoms with van der Waals surface area (Å²) >= 11 is 0. The lowest BCUT2D eigenvalue weighted by Crippen LogP contribution is -2.47. The summed E-state index contributed by atoms with van der Waals surface area (Å²) < 4.78 is 36.9. The zero-order chi connectivity index (χ0) is 25.3. The van der Waals surface area contributed by atoms with E-state index in [0.717, 1.165) is 17.4 Å². The Morgan fingerprint density at radius 1 is 1.00 bits per heavy atom. The number of hydrogen-bond donors (Lipinski definition) is 1. The summed E-state index contributed by atoms with van der Waals surface area (Å²) in [7, 11) is -0.279. The van der Waals surface area contributed by atoms with Crippen molar-refractivity contribution in [2.45, 2.75) is 38.1 Å². The number of sulfonamides is 1. The molecular weight excluding hydrogens is 470 g/mol. The molecule has 1 aliphatic heterocycles. The van der Waals surface area contributed by atoms with Gasteiger partial charge in [-0.2, -0.15) is 4.31 Å². The number of piperazine rings is 1. The maximum Gasteiger partial charge on any atom is 0.331 e. The van der Waals surface area contributed by atoms with Crippen molar-refractivity contribution < 1.29 is 13.2 Å². The average Bonchev–Trinajstić information content (AvgIpc) is 3.29. The molecule has 11 heteroatoms. The van der Waals surface area contributed by atoms with Crippen LogP contribution in [-0.4, -0.2) is 71.6 Å². The number of H-pyrrole nitrogens is 1. The van der Waals surface area contributed by atoms with Crippen molar-refractivity contribution in [3.05, 3.63) is 45.1 Å². The SMILES string of the molecule is CCCOc1ccc(S(=O)(=O)N2CCN(C)CC2)cc1-c1cc2c([nH]1)c(=O)n(C)c(=O)n2CCC. The fourth-order valence-electron chi connectivity index (χ4n) is 4.34. The molecule has 0 saturated carbocycles. The molecule has 35 heavy (non-hydrogen) atoms. The Balaban J connectivity index is 1.88. The zero-order valence-corrected chi connectivity index (χ0v) is 21.5. The van der Waals surface area contributed by atoms with Crippen LogP contribution in [0.2, 0.25) is 0 Å². The third-order valence-electron chi connectivity index (χ3n) is 6.37. The van der Waals surface area contributed by atoms with E-state index in [9.17, 15) is 18.0 Å². The lowest BCUT2D eigenvalue weighted by Gasteiger charge is -2.31. The highest BCUT2D eigenvalue weighted by Gasteiger charge is 2.28. The summed E-state index contributed by atoms with van der Waals surface area (Å²) in [6.45, 7) is 7.05. The van der Waals surface area contributed by atoms with Crippen molar-refractivity contribution in [3.8, 4) is 17.0 Å². The molecule has 3 aromatic rings. The van der Waals surface area contributed by atoms with E-state index in [1.165, 1.54) is 11.4 Å². The van der Waals surface area contributed by atoms with Gasteiger partial charge in [-0.25, -0.2) is 13.2 Å². The van der Waals surface area contributed by atoms with Gasteiger partial charge in [0.15, 0.2) is 0 Å². The van der Waals surface area contributed by atoms with Crippen molar-refractivity contribution in [2.75, 3.05) is 39.8 Å². The molecule has 2 aromatic heterocycles. The molecule has 0 bridgehead atoms. The van der Waals surface area contributed by atoms with Crippen molar-refractivity contribution in [1.82, 2.24) is 23.3 Å². The number of rotatable bonds is 8. The second kappa shape index (κ2) is 10.00. The number of nitrogens with one attached hydrogen (secondary N) is 1. The second-order valence-electron chi connectivity index (χ2n) is 8.96. The maximum atomic E-state index is 13.4. The van der Waals surface area contributed by atoms with Crippen molar-refractivity contribution in [1.29, 1.82) is 0 Å². The van der Waals surface area contributed by atoms with Gasteiger partial charge in [-0.1, -0.05) is 13.8 Å². The molecule has 1 N–H and O–H groups in total. The molecule has 0 radical (unpaired) electrons. The van der Waals surface area contributed by atoms with E-state index in [4.69, 9.17) is 4.74 Å². The first-order chi connectivity index (χ1) is 16.7. The van der Waals surface area contributed by atoms with Crippen LogP contribution in [0.3, 0.4) is 0 Å². The molecule has 10 nitrogen and oxygen atoms in total. The number of aromatic amines is 1. The molecule has 3 heterocycles. The molecule has 1 aliphatic rings. The van der Waals surface area contributed by atoms with Gasteiger partial charge in [-0.15, -0.1) is 0 Å². The first kappa shape index (κ1) is 25.2. The Morgan fingerprint density at radius 2 is 1.71 bits per heavy atom. The number of nitrogens with zero attached hydrogens (tertiary/aromatic N) is 4. The van der Waals surface area contributed by atoms with Gasteiger partial charge in [0.05, 0.1) is 22.7 Å². The van der Waals surface area contributed by atoms with Crippen molar-refractivity contribution >= 4 is 21.1 Å². The largest absolute Gasteiger partial charge is 0.493 e. The Labute approximate surface area is 204 Å². The van der Waals surface area contributed by atoms with E-state index in [0.29, 0.717) is 67.4 Å². The van der Waals surface area contributed by atoms with Crippen LogP contribution in [0.4, 0.5) is 0 Å². The van der Waals surface area contributed by atoms with Crippen LogP contribution in [0.5, 0.6) is 5.75 Å². The van der Waals surface area contributed by atoms with E-state index in [1.807, 2.05) is 20.9 Å². The fourth-order valence-corrected chi connectivity index (χ4v) is 5.79. The van der Waals surface area contributed by atoms with E-state index in [1.54, 1.807) is 28.8 Å². The number of benzene rings is 1. The van der Waals surface area contributed by atoms with Crippen LogP contribution in [0.25, 0.3) is 22.3 Å². The highest BCUT2D eigenvalue weighted by atomic mass is 32.2.